The average Bonchev–Trinajstić information content (AvgIpc) is 2.73. The Morgan fingerprint density at radius 3 is 2.93 bits per heavy atom. The lowest BCUT2D eigenvalue weighted by Gasteiger charge is -2.35. The van der Waals surface area contributed by atoms with Gasteiger partial charge in [0, 0.05) is 25.8 Å². The highest BCUT2D eigenvalue weighted by molar-refractivity contribution is 5.75. The van der Waals surface area contributed by atoms with Gasteiger partial charge in [-0.3, -0.25) is 9.69 Å². The number of hydrogen-bond acceptors (Lipinski definition) is 6. The first-order valence-corrected chi connectivity index (χ1v) is 10.3. The van der Waals surface area contributed by atoms with E-state index in [1.807, 2.05) is 12.1 Å². The van der Waals surface area contributed by atoms with E-state index in [-0.39, 0.29) is 18.8 Å². The third kappa shape index (κ3) is 4.97. The van der Waals surface area contributed by atoms with Crippen molar-refractivity contribution < 1.29 is 19.0 Å². The fourth-order valence-electron chi connectivity index (χ4n) is 4.29. The van der Waals surface area contributed by atoms with Crippen LogP contribution in [0.25, 0.3) is 0 Å². The van der Waals surface area contributed by atoms with Crippen LogP contribution in [0.15, 0.2) is 41.6 Å². The normalized spacial score (nSPS) is 25.3. The third-order valence-corrected chi connectivity index (χ3v) is 5.82. The Bertz CT molecular complexity index is 799. The number of ether oxygens (including phenoxy) is 3. The number of likely N-dealkylation sites (tertiary alicyclic amines) is 1. The van der Waals surface area contributed by atoms with Gasteiger partial charge in [0.05, 0.1) is 6.10 Å². The zero-order chi connectivity index (χ0) is 20.2. The molecular formula is C22H29N3O4. The van der Waals surface area contributed by atoms with Gasteiger partial charge in [0.1, 0.15) is 13.2 Å². The van der Waals surface area contributed by atoms with Crippen LogP contribution in [0.2, 0.25) is 0 Å². The fourth-order valence-corrected chi connectivity index (χ4v) is 4.29. The van der Waals surface area contributed by atoms with Crippen LogP contribution in [-0.2, 0) is 9.53 Å². The molecule has 4 rings (SSSR count). The summed E-state index contributed by atoms with van der Waals surface area (Å²) in [4.78, 5) is 17.6. The second-order valence-electron chi connectivity index (χ2n) is 8.07. The quantitative estimate of drug-likeness (QED) is 0.788. The number of primary amides is 1. The number of nitrogens with two attached hydrogens (primary N) is 1. The number of fused-ring (bicyclic) bond motifs is 1. The Hall–Kier alpha value is -2.38. The van der Waals surface area contributed by atoms with Gasteiger partial charge in [-0.1, -0.05) is 24.6 Å². The summed E-state index contributed by atoms with van der Waals surface area (Å²) < 4.78 is 17.5. The molecule has 3 heterocycles. The number of rotatable bonds is 6. The summed E-state index contributed by atoms with van der Waals surface area (Å²) in [5.74, 6) is 1.30. The van der Waals surface area contributed by atoms with E-state index >= 15 is 0 Å². The van der Waals surface area contributed by atoms with E-state index in [1.165, 1.54) is 11.1 Å². The third-order valence-electron chi connectivity index (χ3n) is 5.82. The largest absolute Gasteiger partial charge is 0.484 e. The molecule has 0 bridgehead atoms. The first kappa shape index (κ1) is 19.9. The maximum absolute atomic E-state index is 10.9. The van der Waals surface area contributed by atoms with Gasteiger partial charge in [0.25, 0.3) is 5.88 Å². The highest BCUT2D eigenvalue weighted by Gasteiger charge is 2.30. The number of nitrogens with zero attached hydrogens (tertiary/aromatic N) is 2. The molecule has 0 spiro atoms. The van der Waals surface area contributed by atoms with E-state index in [1.54, 1.807) is 6.20 Å². The van der Waals surface area contributed by atoms with Crippen molar-refractivity contribution >= 4 is 5.91 Å². The highest BCUT2D eigenvalue weighted by Crippen LogP contribution is 2.35. The van der Waals surface area contributed by atoms with E-state index in [2.05, 4.69) is 29.0 Å². The van der Waals surface area contributed by atoms with Crippen molar-refractivity contribution in [2.45, 2.75) is 38.4 Å². The molecule has 7 nitrogen and oxygen atoms in total. The second-order valence-corrected chi connectivity index (χ2v) is 8.07. The SMILES string of the molecule is CC1CC(CN2CCC(OCC(N)=O)CC2)=CC=C1[C@H]1COc2cccnc2O1. The molecule has 3 aliphatic rings. The average molecular weight is 399 g/mol. The van der Waals surface area contributed by atoms with E-state index in [0.29, 0.717) is 24.2 Å². The van der Waals surface area contributed by atoms with Gasteiger partial charge < -0.3 is 19.9 Å². The molecule has 156 valence electrons. The molecule has 29 heavy (non-hydrogen) atoms. The monoisotopic (exact) mass is 399 g/mol. The van der Waals surface area contributed by atoms with Gasteiger partial charge in [0.15, 0.2) is 11.9 Å². The number of hydrogen-bond donors (Lipinski definition) is 1. The molecule has 2 N–H and O–H groups in total. The van der Waals surface area contributed by atoms with Crippen LogP contribution in [0.1, 0.15) is 26.2 Å². The first-order chi connectivity index (χ1) is 14.1. The van der Waals surface area contributed by atoms with Crippen molar-refractivity contribution in [3.05, 3.63) is 41.6 Å². The molecule has 1 aromatic heterocycles. The minimum Gasteiger partial charge on any atom is -0.484 e. The Kier molecular flexibility index (Phi) is 6.16. The number of pyridine rings is 1. The summed E-state index contributed by atoms with van der Waals surface area (Å²) in [7, 11) is 0. The van der Waals surface area contributed by atoms with Gasteiger partial charge in [-0.2, -0.15) is 0 Å². The second kappa shape index (κ2) is 8.97. The molecule has 1 amide bonds. The summed E-state index contributed by atoms with van der Waals surface area (Å²) >= 11 is 0. The zero-order valence-corrected chi connectivity index (χ0v) is 16.9. The minimum absolute atomic E-state index is 0.0217. The maximum Gasteiger partial charge on any atom is 0.257 e. The van der Waals surface area contributed by atoms with Crippen molar-refractivity contribution in [3.8, 4) is 11.6 Å². The molecule has 2 atom stereocenters. The fraction of sp³-hybridized carbons (Fsp3) is 0.545. The van der Waals surface area contributed by atoms with Gasteiger partial charge in [0.2, 0.25) is 5.91 Å². The van der Waals surface area contributed by atoms with Crippen LogP contribution >= 0.6 is 0 Å². The molecule has 1 unspecified atom stereocenters. The smallest absolute Gasteiger partial charge is 0.257 e. The van der Waals surface area contributed by atoms with E-state index in [0.717, 1.165) is 38.9 Å². The summed E-state index contributed by atoms with van der Waals surface area (Å²) in [5, 5.41) is 0. The Balaban J connectivity index is 1.31. The van der Waals surface area contributed by atoms with Gasteiger partial charge >= 0.3 is 0 Å². The number of aromatic nitrogens is 1. The summed E-state index contributed by atoms with van der Waals surface area (Å²) in [6.07, 6.45) is 9.14. The molecule has 1 saturated heterocycles. The van der Waals surface area contributed by atoms with Crippen molar-refractivity contribution in [2.24, 2.45) is 11.7 Å². The van der Waals surface area contributed by atoms with Crippen molar-refractivity contribution in [2.75, 3.05) is 32.8 Å². The van der Waals surface area contributed by atoms with E-state index in [9.17, 15) is 4.79 Å². The van der Waals surface area contributed by atoms with Crippen LogP contribution < -0.4 is 15.2 Å². The van der Waals surface area contributed by atoms with Crippen molar-refractivity contribution in [3.63, 3.8) is 0 Å². The molecule has 2 aliphatic heterocycles. The number of piperidine rings is 1. The molecule has 1 aromatic rings. The topological polar surface area (TPSA) is 86.9 Å². The van der Waals surface area contributed by atoms with E-state index < -0.39 is 5.91 Å². The van der Waals surface area contributed by atoms with Crippen LogP contribution in [0.4, 0.5) is 0 Å². The van der Waals surface area contributed by atoms with Crippen LogP contribution in [0.5, 0.6) is 11.6 Å². The molecule has 1 fully saturated rings. The lowest BCUT2D eigenvalue weighted by molar-refractivity contribution is -0.125. The van der Waals surface area contributed by atoms with Gasteiger partial charge in [-0.25, -0.2) is 4.98 Å². The molecule has 0 aromatic carbocycles. The first-order valence-electron chi connectivity index (χ1n) is 10.3. The molecule has 1 aliphatic carbocycles. The number of allylic oxidation sites excluding steroid dienone is 2. The maximum atomic E-state index is 10.9. The summed E-state index contributed by atoms with van der Waals surface area (Å²) in [6, 6.07) is 3.74. The lowest BCUT2D eigenvalue weighted by Crippen LogP contribution is -2.39. The lowest BCUT2D eigenvalue weighted by atomic mass is 9.85. The Morgan fingerprint density at radius 2 is 2.17 bits per heavy atom. The summed E-state index contributed by atoms with van der Waals surface area (Å²) in [5.41, 5.74) is 7.86. The number of amides is 1. The number of carbonyl (C=O) groups is 1. The van der Waals surface area contributed by atoms with Gasteiger partial charge in [-0.15, -0.1) is 0 Å². The highest BCUT2D eigenvalue weighted by atomic mass is 16.6. The van der Waals surface area contributed by atoms with Crippen molar-refractivity contribution in [1.29, 1.82) is 0 Å². The van der Waals surface area contributed by atoms with Crippen LogP contribution in [-0.4, -0.2) is 60.8 Å². The minimum atomic E-state index is -0.400. The van der Waals surface area contributed by atoms with Gasteiger partial charge in [-0.05, 0) is 42.9 Å². The summed E-state index contributed by atoms with van der Waals surface area (Å²) in [6.45, 7) is 5.73. The van der Waals surface area contributed by atoms with Crippen molar-refractivity contribution in [1.82, 2.24) is 9.88 Å². The Morgan fingerprint density at radius 1 is 1.34 bits per heavy atom. The standard InChI is InChI=1S/C22H29N3O4/c1-15-11-16(12-25-9-6-17(7-10-25)27-14-21(23)26)4-5-18(15)20-13-28-19-3-2-8-24-22(19)29-20/h2-5,8,15,17,20H,6-7,9-14H2,1H3,(H2,23,26)/t15?,20-/m1/s1. The number of carbonyl (C=O) groups excluding carboxylic acids is 1. The van der Waals surface area contributed by atoms with Crippen LogP contribution in [0, 0.1) is 5.92 Å². The molecule has 7 heteroatoms. The predicted molar refractivity (Wildman–Crippen MR) is 109 cm³/mol. The predicted octanol–water partition coefficient (Wildman–Crippen LogP) is 2.08. The molecule has 0 saturated carbocycles. The zero-order valence-electron chi connectivity index (χ0n) is 16.9. The molecule has 0 radical (unpaired) electrons. The van der Waals surface area contributed by atoms with Crippen LogP contribution in [0.3, 0.4) is 0 Å². The van der Waals surface area contributed by atoms with E-state index in [4.69, 9.17) is 19.9 Å². The molecular weight excluding hydrogens is 370 g/mol. The Labute approximate surface area is 171 Å².